The molecule has 0 amide bonds. The van der Waals surface area contributed by atoms with Crippen molar-refractivity contribution < 1.29 is 8.78 Å². The molecule has 0 fully saturated rings. The maximum absolute atomic E-state index is 13.7. The molecule has 0 radical (unpaired) electrons. The van der Waals surface area contributed by atoms with Gasteiger partial charge in [-0.3, -0.25) is 0 Å². The lowest BCUT2D eigenvalue weighted by molar-refractivity contribution is 0.601. The van der Waals surface area contributed by atoms with E-state index >= 15 is 0 Å². The lowest BCUT2D eigenvalue weighted by atomic mass is 10.1. The number of hydrogen-bond acceptors (Lipinski definition) is 2. The van der Waals surface area contributed by atoms with Gasteiger partial charge >= 0.3 is 0 Å². The zero-order valence-electron chi connectivity index (χ0n) is 9.94. The highest BCUT2D eigenvalue weighted by atomic mass is 32.1. The molecule has 0 aliphatic carbocycles. The minimum atomic E-state index is -0.526. The Morgan fingerprint density at radius 2 is 1.79 bits per heavy atom. The summed E-state index contributed by atoms with van der Waals surface area (Å²) in [5.41, 5.74) is 6.55. The van der Waals surface area contributed by atoms with E-state index in [0.29, 0.717) is 5.56 Å². The Balaban J connectivity index is 2.07. The van der Waals surface area contributed by atoms with Crippen LogP contribution in [0.25, 0.3) is 10.1 Å². The molecule has 96 valence electrons. The van der Waals surface area contributed by atoms with Crippen molar-refractivity contribution in [1.29, 1.82) is 0 Å². The van der Waals surface area contributed by atoms with E-state index in [1.807, 2.05) is 6.07 Å². The van der Waals surface area contributed by atoms with Gasteiger partial charge in [0.15, 0.2) is 0 Å². The van der Waals surface area contributed by atoms with E-state index in [9.17, 15) is 8.78 Å². The van der Waals surface area contributed by atoms with E-state index in [0.717, 1.165) is 15.0 Å². The Morgan fingerprint density at radius 1 is 1.00 bits per heavy atom. The standard InChI is InChI=1S/C15H11F2NS/c16-10-5-6-13-9(7-10)8-14(19-13)15(18)11-3-1-2-4-12(11)17/h1-8,15H,18H2. The largest absolute Gasteiger partial charge is 0.320 e. The third kappa shape index (κ3) is 2.25. The molecule has 19 heavy (non-hydrogen) atoms. The van der Waals surface area contributed by atoms with Crippen molar-refractivity contribution in [2.45, 2.75) is 6.04 Å². The van der Waals surface area contributed by atoms with Gasteiger partial charge in [0.25, 0.3) is 0 Å². The highest BCUT2D eigenvalue weighted by molar-refractivity contribution is 7.19. The van der Waals surface area contributed by atoms with Crippen molar-refractivity contribution >= 4 is 21.4 Å². The van der Waals surface area contributed by atoms with Gasteiger partial charge in [0.2, 0.25) is 0 Å². The van der Waals surface area contributed by atoms with Crippen LogP contribution in [0.2, 0.25) is 0 Å². The van der Waals surface area contributed by atoms with Crippen molar-refractivity contribution in [3.63, 3.8) is 0 Å². The lowest BCUT2D eigenvalue weighted by Crippen LogP contribution is -2.11. The number of benzene rings is 2. The maximum atomic E-state index is 13.7. The van der Waals surface area contributed by atoms with Crippen LogP contribution in [0.3, 0.4) is 0 Å². The average Bonchev–Trinajstić information content (AvgIpc) is 2.81. The molecule has 1 aromatic heterocycles. The number of thiophene rings is 1. The number of nitrogens with two attached hydrogens (primary N) is 1. The summed E-state index contributed by atoms with van der Waals surface area (Å²) in [7, 11) is 0. The molecule has 1 atom stereocenters. The third-order valence-electron chi connectivity index (χ3n) is 3.04. The Hall–Kier alpha value is -1.78. The third-order valence-corrected chi connectivity index (χ3v) is 4.24. The molecular weight excluding hydrogens is 264 g/mol. The fourth-order valence-corrected chi connectivity index (χ4v) is 3.13. The molecule has 1 heterocycles. The van der Waals surface area contributed by atoms with Gasteiger partial charge in [0, 0.05) is 15.1 Å². The highest BCUT2D eigenvalue weighted by Gasteiger charge is 2.15. The first-order valence-electron chi connectivity index (χ1n) is 5.84. The van der Waals surface area contributed by atoms with Crippen LogP contribution in [0.15, 0.2) is 48.5 Å². The van der Waals surface area contributed by atoms with Crippen molar-refractivity contribution in [2.24, 2.45) is 5.73 Å². The second-order valence-electron chi connectivity index (χ2n) is 4.33. The number of halogens is 2. The molecule has 4 heteroatoms. The summed E-state index contributed by atoms with van der Waals surface area (Å²) in [6.07, 6.45) is 0. The second-order valence-corrected chi connectivity index (χ2v) is 5.45. The minimum Gasteiger partial charge on any atom is -0.320 e. The van der Waals surface area contributed by atoms with Crippen LogP contribution in [0.1, 0.15) is 16.5 Å². The van der Waals surface area contributed by atoms with Gasteiger partial charge in [-0.2, -0.15) is 0 Å². The highest BCUT2D eigenvalue weighted by Crippen LogP contribution is 2.32. The van der Waals surface area contributed by atoms with E-state index in [-0.39, 0.29) is 11.6 Å². The normalized spacial score (nSPS) is 12.8. The van der Waals surface area contributed by atoms with Crippen molar-refractivity contribution in [3.05, 3.63) is 70.6 Å². The summed E-state index contributed by atoms with van der Waals surface area (Å²) in [6, 6.07) is 12.3. The Labute approximate surface area is 113 Å². The van der Waals surface area contributed by atoms with Crippen molar-refractivity contribution in [1.82, 2.24) is 0 Å². The second kappa shape index (κ2) is 4.72. The van der Waals surface area contributed by atoms with Gasteiger partial charge in [-0.15, -0.1) is 11.3 Å². The monoisotopic (exact) mass is 275 g/mol. The van der Waals surface area contributed by atoms with Crippen LogP contribution in [0.4, 0.5) is 8.78 Å². The summed E-state index contributed by atoms with van der Waals surface area (Å²) in [6.45, 7) is 0. The van der Waals surface area contributed by atoms with Gasteiger partial charge in [-0.1, -0.05) is 18.2 Å². The van der Waals surface area contributed by atoms with Crippen LogP contribution in [-0.2, 0) is 0 Å². The quantitative estimate of drug-likeness (QED) is 0.744. The molecule has 1 nitrogen and oxygen atoms in total. The smallest absolute Gasteiger partial charge is 0.128 e. The van der Waals surface area contributed by atoms with E-state index < -0.39 is 6.04 Å². The summed E-state index contributed by atoms with van der Waals surface area (Å²) >= 11 is 1.46. The summed E-state index contributed by atoms with van der Waals surface area (Å²) in [5, 5.41) is 0.798. The molecule has 3 rings (SSSR count). The first kappa shape index (κ1) is 12.3. The van der Waals surface area contributed by atoms with Crippen LogP contribution in [0.5, 0.6) is 0 Å². The number of hydrogen-bond donors (Lipinski definition) is 1. The molecule has 2 aromatic carbocycles. The van der Waals surface area contributed by atoms with Gasteiger partial charge in [0.1, 0.15) is 11.6 Å². The van der Waals surface area contributed by atoms with E-state index in [1.54, 1.807) is 24.3 Å². The Morgan fingerprint density at radius 3 is 2.58 bits per heavy atom. The lowest BCUT2D eigenvalue weighted by Gasteiger charge is -2.10. The van der Waals surface area contributed by atoms with E-state index in [1.165, 1.54) is 29.5 Å². The predicted molar refractivity (Wildman–Crippen MR) is 74.2 cm³/mol. The van der Waals surface area contributed by atoms with Gasteiger partial charge < -0.3 is 5.73 Å². The fraction of sp³-hybridized carbons (Fsp3) is 0.0667. The topological polar surface area (TPSA) is 26.0 Å². The molecule has 2 N–H and O–H groups in total. The summed E-state index contributed by atoms with van der Waals surface area (Å²) < 4.78 is 27.8. The van der Waals surface area contributed by atoms with Crippen LogP contribution >= 0.6 is 11.3 Å². The Bertz CT molecular complexity index is 736. The van der Waals surface area contributed by atoms with Gasteiger partial charge in [0.05, 0.1) is 6.04 Å². The predicted octanol–water partition coefficient (Wildman–Crippen LogP) is 4.23. The molecule has 3 aromatic rings. The molecule has 0 aliphatic rings. The zero-order valence-corrected chi connectivity index (χ0v) is 10.8. The van der Waals surface area contributed by atoms with Gasteiger partial charge in [-0.25, -0.2) is 8.78 Å². The minimum absolute atomic E-state index is 0.281. The SMILES string of the molecule is NC(c1cc2cc(F)ccc2s1)c1ccccc1F. The van der Waals surface area contributed by atoms with Gasteiger partial charge in [-0.05, 0) is 35.7 Å². The molecule has 0 saturated heterocycles. The van der Waals surface area contributed by atoms with Crippen molar-refractivity contribution in [3.8, 4) is 0 Å². The van der Waals surface area contributed by atoms with E-state index in [4.69, 9.17) is 5.73 Å². The van der Waals surface area contributed by atoms with E-state index in [2.05, 4.69) is 0 Å². The molecule has 0 bridgehead atoms. The first-order valence-corrected chi connectivity index (χ1v) is 6.66. The molecule has 0 saturated carbocycles. The average molecular weight is 275 g/mol. The maximum Gasteiger partial charge on any atom is 0.128 e. The first-order chi connectivity index (χ1) is 9.15. The van der Waals surface area contributed by atoms with Crippen LogP contribution in [0, 0.1) is 11.6 Å². The van der Waals surface area contributed by atoms with Crippen LogP contribution < -0.4 is 5.73 Å². The summed E-state index contributed by atoms with van der Waals surface area (Å²) in [4.78, 5) is 0.825. The fourth-order valence-electron chi connectivity index (χ4n) is 2.07. The van der Waals surface area contributed by atoms with Crippen LogP contribution in [-0.4, -0.2) is 0 Å². The molecule has 0 spiro atoms. The molecular formula is C15H11F2NS. The summed E-state index contributed by atoms with van der Waals surface area (Å²) in [5.74, 6) is -0.602. The van der Waals surface area contributed by atoms with Crippen molar-refractivity contribution in [2.75, 3.05) is 0 Å². The number of fused-ring (bicyclic) bond motifs is 1. The molecule has 1 unspecified atom stereocenters. The zero-order chi connectivity index (χ0) is 13.4. The molecule has 0 aliphatic heterocycles. The Kier molecular flexibility index (Phi) is 3.05. The number of rotatable bonds is 2.